The lowest BCUT2D eigenvalue weighted by molar-refractivity contribution is 0.175. The van der Waals surface area contributed by atoms with Crippen molar-refractivity contribution in [2.45, 2.75) is 12.5 Å². The van der Waals surface area contributed by atoms with Crippen molar-refractivity contribution < 1.29 is 0 Å². The van der Waals surface area contributed by atoms with Crippen LogP contribution in [0.2, 0.25) is 5.02 Å². The van der Waals surface area contributed by atoms with Crippen LogP contribution in [0.25, 0.3) is 0 Å². The van der Waals surface area contributed by atoms with Gasteiger partial charge in [0.2, 0.25) is 0 Å². The number of nitrogens with zero attached hydrogens (tertiary/aromatic N) is 2. The van der Waals surface area contributed by atoms with E-state index in [2.05, 4.69) is 32.2 Å². The number of benzene rings is 1. The molecular weight excluding hydrogens is 314 g/mol. The van der Waals surface area contributed by atoms with Crippen molar-refractivity contribution in [3.8, 4) is 6.07 Å². The van der Waals surface area contributed by atoms with E-state index in [0.717, 1.165) is 41.2 Å². The van der Waals surface area contributed by atoms with Crippen LogP contribution in [0.3, 0.4) is 0 Å². The minimum atomic E-state index is 0.0853. The second kappa shape index (κ2) is 6.53. The summed E-state index contributed by atoms with van der Waals surface area (Å²) in [6, 6.07) is 8.19. The van der Waals surface area contributed by atoms with E-state index in [0.29, 0.717) is 6.42 Å². The highest BCUT2D eigenvalue weighted by Gasteiger charge is 2.23. The van der Waals surface area contributed by atoms with Gasteiger partial charge in [0.05, 0.1) is 12.5 Å². The van der Waals surface area contributed by atoms with E-state index >= 15 is 0 Å². The molecule has 0 bridgehead atoms. The molecule has 1 atom stereocenters. The third-order valence-corrected chi connectivity index (χ3v) is 4.03. The van der Waals surface area contributed by atoms with Crippen molar-refractivity contribution in [1.29, 1.82) is 5.26 Å². The minimum absolute atomic E-state index is 0.0853. The molecular formula is C13H15BrClN3. The predicted octanol–water partition coefficient (Wildman–Crippen LogP) is 2.96. The molecule has 1 aromatic carbocycles. The molecule has 1 saturated heterocycles. The zero-order valence-corrected chi connectivity index (χ0v) is 12.3. The third kappa shape index (κ3) is 3.24. The Hall–Kier alpha value is -0.600. The van der Waals surface area contributed by atoms with E-state index in [1.807, 2.05) is 18.2 Å². The van der Waals surface area contributed by atoms with Gasteiger partial charge in [0.1, 0.15) is 0 Å². The highest BCUT2D eigenvalue weighted by Crippen LogP contribution is 2.32. The molecule has 1 aliphatic rings. The molecule has 1 aliphatic heterocycles. The van der Waals surface area contributed by atoms with Crippen LogP contribution in [0, 0.1) is 11.3 Å². The van der Waals surface area contributed by atoms with Gasteiger partial charge < -0.3 is 5.32 Å². The highest BCUT2D eigenvalue weighted by molar-refractivity contribution is 9.10. The van der Waals surface area contributed by atoms with Gasteiger partial charge >= 0.3 is 0 Å². The second-order valence-corrected chi connectivity index (χ2v) is 5.65. The van der Waals surface area contributed by atoms with E-state index in [4.69, 9.17) is 16.9 Å². The topological polar surface area (TPSA) is 39.1 Å². The van der Waals surface area contributed by atoms with Crippen LogP contribution in [0.5, 0.6) is 0 Å². The Morgan fingerprint density at radius 2 is 2.17 bits per heavy atom. The lowest BCUT2D eigenvalue weighted by Crippen LogP contribution is -2.45. The highest BCUT2D eigenvalue weighted by atomic mass is 79.9. The maximum atomic E-state index is 9.04. The Morgan fingerprint density at radius 1 is 1.44 bits per heavy atom. The van der Waals surface area contributed by atoms with Crippen molar-refractivity contribution >= 4 is 27.5 Å². The van der Waals surface area contributed by atoms with Crippen LogP contribution >= 0.6 is 27.5 Å². The van der Waals surface area contributed by atoms with Gasteiger partial charge in [-0.3, -0.25) is 4.90 Å². The quantitative estimate of drug-likeness (QED) is 0.927. The molecule has 1 fully saturated rings. The van der Waals surface area contributed by atoms with Gasteiger partial charge in [-0.1, -0.05) is 27.5 Å². The Labute approximate surface area is 121 Å². The molecule has 96 valence electrons. The standard InChI is InChI=1S/C13H15BrClN3/c14-10-1-2-12(15)11(9-10)13(3-4-16)18-7-5-17-6-8-18/h1-2,9,13,17H,3,5-8H2/t13-/m0/s1. The van der Waals surface area contributed by atoms with E-state index < -0.39 is 0 Å². The van der Waals surface area contributed by atoms with Crippen molar-refractivity contribution in [2.75, 3.05) is 26.2 Å². The summed E-state index contributed by atoms with van der Waals surface area (Å²) in [5.41, 5.74) is 1.04. The van der Waals surface area contributed by atoms with Crippen LogP contribution in [0.15, 0.2) is 22.7 Å². The molecule has 3 nitrogen and oxygen atoms in total. The lowest BCUT2D eigenvalue weighted by Gasteiger charge is -2.34. The Kier molecular flexibility index (Phi) is 5.02. The molecule has 0 aromatic heterocycles. The summed E-state index contributed by atoms with van der Waals surface area (Å²) in [6.07, 6.45) is 0.468. The average Bonchev–Trinajstić information content (AvgIpc) is 2.40. The number of nitrogens with one attached hydrogen (secondary N) is 1. The largest absolute Gasteiger partial charge is 0.314 e. The van der Waals surface area contributed by atoms with Gasteiger partial charge in [0.15, 0.2) is 0 Å². The Bertz CT molecular complexity index is 452. The predicted molar refractivity (Wildman–Crippen MR) is 76.6 cm³/mol. The zero-order chi connectivity index (χ0) is 13.0. The summed E-state index contributed by atoms with van der Waals surface area (Å²) in [6.45, 7) is 3.84. The molecule has 0 saturated carbocycles. The molecule has 0 amide bonds. The molecule has 18 heavy (non-hydrogen) atoms. The monoisotopic (exact) mass is 327 g/mol. The van der Waals surface area contributed by atoms with Crippen LogP contribution in [-0.2, 0) is 0 Å². The molecule has 0 unspecified atom stereocenters. The number of rotatable bonds is 3. The SMILES string of the molecule is N#CC[C@@H](c1cc(Br)ccc1Cl)N1CCNCC1. The molecule has 2 rings (SSSR count). The van der Waals surface area contributed by atoms with E-state index in [-0.39, 0.29) is 6.04 Å². The van der Waals surface area contributed by atoms with Gasteiger partial charge in [-0.05, 0) is 23.8 Å². The molecule has 1 N–H and O–H groups in total. The summed E-state index contributed by atoms with van der Waals surface area (Å²) >= 11 is 9.74. The molecule has 5 heteroatoms. The van der Waals surface area contributed by atoms with Gasteiger partial charge in [0, 0.05) is 41.7 Å². The first-order valence-electron chi connectivity index (χ1n) is 5.99. The summed E-state index contributed by atoms with van der Waals surface area (Å²) in [4.78, 5) is 2.33. The normalized spacial score (nSPS) is 18.3. The first-order valence-corrected chi connectivity index (χ1v) is 7.16. The van der Waals surface area contributed by atoms with Crippen molar-refractivity contribution in [1.82, 2.24) is 10.2 Å². The van der Waals surface area contributed by atoms with Crippen molar-refractivity contribution in [2.24, 2.45) is 0 Å². The van der Waals surface area contributed by atoms with Crippen molar-refractivity contribution in [3.63, 3.8) is 0 Å². The maximum absolute atomic E-state index is 9.04. The first kappa shape index (κ1) is 13.8. The second-order valence-electron chi connectivity index (χ2n) is 4.33. The molecule has 1 aromatic rings. The van der Waals surface area contributed by atoms with Gasteiger partial charge in [-0.25, -0.2) is 0 Å². The summed E-state index contributed by atoms with van der Waals surface area (Å²) in [5, 5.41) is 13.1. The van der Waals surface area contributed by atoms with E-state index in [9.17, 15) is 0 Å². The third-order valence-electron chi connectivity index (χ3n) is 3.19. The van der Waals surface area contributed by atoms with E-state index in [1.54, 1.807) is 0 Å². The van der Waals surface area contributed by atoms with Gasteiger partial charge in [-0.15, -0.1) is 0 Å². The summed E-state index contributed by atoms with van der Waals surface area (Å²) in [5.74, 6) is 0. The lowest BCUT2D eigenvalue weighted by atomic mass is 10.0. The van der Waals surface area contributed by atoms with Gasteiger partial charge in [0.25, 0.3) is 0 Å². The summed E-state index contributed by atoms with van der Waals surface area (Å²) in [7, 11) is 0. The van der Waals surface area contributed by atoms with E-state index in [1.165, 1.54) is 0 Å². The zero-order valence-electron chi connectivity index (χ0n) is 10.00. The van der Waals surface area contributed by atoms with Crippen LogP contribution in [0.4, 0.5) is 0 Å². The smallest absolute Gasteiger partial charge is 0.0641 e. The molecule has 0 spiro atoms. The molecule has 1 heterocycles. The number of piperazine rings is 1. The summed E-state index contributed by atoms with van der Waals surface area (Å²) < 4.78 is 1.000. The Morgan fingerprint density at radius 3 is 2.83 bits per heavy atom. The maximum Gasteiger partial charge on any atom is 0.0641 e. The fourth-order valence-corrected chi connectivity index (χ4v) is 2.91. The number of nitriles is 1. The van der Waals surface area contributed by atoms with Crippen molar-refractivity contribution in [3.05, 3.63) is 33.3 Å². The fourth-order valence-electron chi connectivity index (χ4n) is 2.29. The molecule has 0 aliphatic carbocycles. The average molecular weight is 329 g/mol. The van der Waals surface area contributed by atoms with Crippen LogP contribution < -0.4 is 5.32 Å². The number of hydrogen-bond acceptors (Lipinski definition) is 3. The van der Waals surface area contributed by atoms with Crippen LogP contribution in [0.1, 0.15) is 18.0 Å². The van der Waals surface area contributed by atoms with Crippen LogP contribution in [-0.4, -0.2) is 31.1 Å². The molecule has 0 radical (unpaired) electrons. The minimum Gasteiger partial charge on any atom is -0.314 e. The first-order chi connectivity index (χ1) is 8.72. The number of hydrogen-bond donors (Lipinski definition) is 1. The fraction of sp³-hybridized carbons (Fsp3) is 0.462. The van der Waals surface area contributed by atoms with Gasteiger partial charge in [-0.2, -0.15) is 5.26 Å². The number of halogens is 2. The Balaban J connectivity index is 2.28.